The minimum atomic E-state index is -2.89. The number of rotatable bonds is 7. The first kappa shape index (κ1) is 24.0. The zero-order valence-corrected chi connectivity index (χ0v) is 19.9. The van der Waals surface area contributed by atoms with Gasteiger partial charge in [-0.15, -0.1) is 0 Å². The number of benzene rings is 1. The highest BCUT2D eigenvalue weighted by Crippen LogP contribution is 2.38. The van der Waals surface area contributed by atoms with Gasteiger partial charge in [0.15, 0.2) is 11.6 Å². The van der Waals surface area contributed by atoms with Crippen LogP contribution in [0.3, 0.4) is 0 Å². The second-order valence-electron chi connectivity index (χ2n) is 9.21. The average Bonchev–Trinajstić information content (AvgIpc) is 3.27. The van der Waals surface area contributed by atoms with Gasteiger partial charge in [0.1, 0.15) is 6.33 Å². The second-order valence-corrected chi connectivity index (χ2v) is 9.21. The smallest absolute Gasteiger partial charge is 0.270 e. The Balaban J connectivity index is 1.52. The van der Waals surface area contributed by atoms with E-state index in [1.807, 2.05) is 17.9 Å². The zero-order chi connectivity index (χ0) is 24.5. The molecule has 34 heavy (non-hydrogen) atoms. The highest BCUT2D eigenvalue weighted by atomic mass is 19.3. The number of halogens is 3. The molecule has 0 bridgehead atoms. The Bertz CT molecular complexity index is 1140. The van der Waals surface area contributed by atoms with Gasteiger partial charge in [0.25, 0.3) is 5.92 Å². The van der Waals surface area contributed by atoms with Crippen molar-refractivity contribution in [2.75, 3.05) is 16.8 Å². The van der Waals surface area contributed by atoms with Crippen molar-refractivity contribution in [2.24, 2.45) is 0 Å². The lowest BCUT2D eigenvalue weighted by Gasteiger charge is -2.27. The van der Waals surface area contributed by atoms with E-state index in [1.54, 1.807) is 12.1 Å². The minimum Gasteiger partial charge on any atom is -0.362 e. The molecule has 4 rings (SSSR count). The molecule has 1 aliphatic rings. The highest BCUT2D eigenvalue weighted by molar-refractivity contribution is 5.53. The van der Waals surface area contributed by atoms with Crippen LogP contribution in [0.1, 0.15) is 73.7 Å². The summed E-state index contributed by atoms with van der Waals surface area (Å²) in [5.41, 5.74) is 3.78. The summed E-state index contributed by atoms with van der Waals surface area (Å²) in [4.78, 5) is 14.8. The van der Waals surface area contributed by atoms with Crippen LogP contribution >= 0.6 is 0 Å². The molecule has 3 heterocycles. The lowest BCUT2D eigenvalue weighted by atomic mass is 10.0. The summed E-state index contributed by atoms with van der Waals surface area (Å²) in [6, 6.07) is 10.1. The van der Waals surface area contributed by atoms with Crippen LogP contribution in [0.15, 0.2) is 42.7 Å². The van der Waals surface area contributed by atoms with Crippen LogP contribution in [-0.4, -0.2) is 21.5 Å². The Morgan fingerprint density at radius 2 is 1.85 bits per heavy atom. The topological polar surface area (TPSA) is 53.9 Å². The van der Waals surface area contributed by atoms with Gasteiger partial charge in [0.05, 0.1) is 18.3 Å². The molecule has 180 valence electrons. The molecule has 0 spiro atoms. The van der Waals surface area contributed by atoms with E-state index in [4.69, 9.17) is 0 Å². The monoisotopic (exact) mass is 469 g/mol. The van der Waals surface area contributed by atoms with Crippen molar-refractivity contribution in [3.63, 3.8) is 0 Å². The molecular formula is C26H30F3N5. The summed E-state index contributed by atoms with van der Waals surface area (Å²) < 4.78 is 42.6. The molecule has 1 N–H and O–H groups in total. The van der Waals surface area contributed by atoms with Crippen LogP contribution in [0.2, 0.25) is 0 Å². The Kier molecular flexibility index (Phi) is 6.77. The Morgan fingerprint density at radius 3 is 2.50 bits per heavy atom. The van der Waals surface area contributed by atoms with E-state index in [1.165, 1.54) is 24.0 Å². The molecule has 1 aliphatic heterocycles. The molecule has 2 aromatic heterocycles. The van der Waals surface area contributed by atoms with Crippen molar-refractivity contribution in [2.45, 2.75) is 65.0 Å². The van der Waals surface area contributed by atoms with Gasteiger partial charge in [-0.1, -0.05) is 44.2 Å². The minimum absolute atomic E-state index is 0.0363. The number of hydrogen-bond acceptors (Lipinski definition) is 5. The van der Waals surface area contributed by atoms with E-state index in [2.05, 4.69) is 40.2 Å². The fraction of sp³-hybridized carbons (Fsp3) is 0.423. The summed E-state index contributed by atoms with van der Waals surface area (Å²) in [6.07, 6.45) is 2.99. The lowest BCUT2D eigenvalue weighted by Crippen LogP contribution is -2.25. The van der Waals surface area contributed by atoms with Crippen LogP contribution in [0.4, 0.5) is 24.8 Å². The molecule has 1 fully saturated rings. The van der Waals surface area contributed by atoms with E-state index in [0.29, 0.717) is 19.0 Å². The average molecular weight is 470 g/mol. The summed E-state index contributed by atoms with van der Waals surface area (Å²) in [5.74, 6) is -2.70. The van der Waals surface area contributed by atoms with E-state index in [-0.39, 0.29) is 23.2 Å². The molecular weight excluding hydrogens is 439 g/mol. The van der Waals surface area contributed by atoms with Gasteiger partial charge in [-0.2, -0.15) is 4.39 Å². The molecule has 1 unspecified atom stereocenters. The van der Waals surface area contributed by atoms with Crippen molar-refractivity contribution in [1.29, 1.82) is 0 Å². The molecule has 0 amide bonds. The predicted octanol–water partition coefficient (Wildman–Crippen LogP) is 6.51. The van der Waals surface area contributed by atoms with Crippen molar-refractivity contribution >= 4 is 11.6 Å². The first-order valence-electron chi connectivity index (χ1n) is 11.6. The molecule has 1 atom stereocenters. The first-order valence-corrected chi connectivity index (χ1v) is 11.6. The third kappa shape index (κ3) is 5.00. The number of nitrogens with one attached hydrogen (secondary N) is 1. The van der Waals surface area contributed by atoms with Crippen molar-refractivity contribution < 1.29 is 13.2 Å². The van der Waals surface area contributed by atoms with Crippen LogP contribution in [-0.2, 0) is 12.5 Å². The molecule has 5 nitrogen and oxygen atoms in total. The summed E-state index contributed by atoms with van der Waals surface area (Å²) in [5, 5.41) is 3.05. The fourth-order valence-corrected chi connectivity index (χ4v) is 4.56. The maximum absolute atomic E-state index is 15.4. The third-order valence-electron chi connectivity index (χ3n) is 6.34. The van der Waals surface area contributed by atoms with Crippen LogP contribution in [0.25, 0.3) is 0 Å². The number of pyridine rings is 1. The largest absolute Gasteiger partial charge is 0.362 e. The third-order valence-corrected chi connectivity index (χ3v) is 6.34. The maximum Gasteiger partial charge on any atom is 0.270 e. The van der Waals surface area contributed by atoms with E-state index >= 15 is 4.39 Å². The summed E-state index contributed by atoms with van der Waals surface area (Å²) >= 11 is 0. The van der Waals surface area contributed by atoms with Gasteiger partial charge in [-0.3, -0.25) is 4.98 Å². The van der Waals surface area contributed by atoms with Gasteiger partial charge in [-0.05, 0) is 42.9 Å². The Labute approximate surface area is 198 Å². The normalized spacial score (nSPS) is 16.4. The standard InChI is InChI=1S/C26H30F3N5/c1-16(2)21-12-11-20(33-17(21)3)14-30-24-23(27)25(32-15-31-24)34-13-5-6-22(34)18-7-9-19(10-8-18)26(4,28)29/h7-12,15-16,22H,5-6,13-14H2,1-4H3,(H,30,31,32). The van der Waals surface area contributed by atoms with E-state index in [0.717, 1.165) is 36.7 Å². The number of anilines is 2. The van der Waals surface area contributed by atoms with E-state index in [9.17, 15) is 8.78 Å². The van der Waals surface area contributed by atoms with Crippen molar-refractivity contribution in [1.82, 2.24) is 15.0 Å². The molecule has 1 saturated heterocycles. The molecule has 0 saturated carbocycles. The van der Waals surface area contributed by atoms with Gasteiger partial charge in [-0.25, -0.2) is 18.7 Å². The number of nitrogens with zero attached hydrogens (tertiary/aromatic N) is 4. The number of hydrogen-bond donors (Lipinski definition) is 1. The van der Waals surface area contributed by atoms with Crippen molar-refractivity contribution in [3.8, 4) is 0 Å². The van der Waals surface area contributed by atoms with Gasteiger partial charge < -0.3 is 10.2 Å². The highest BCUT2D eigenvalue weighted by Gasteiger charge is 2.31. The molecule has 0 radical (unpaired) electrons. The van der Waals surface area contributed by atoms with Crippen LogP contribution in [0, 0.1) is 12.7 Å². The zero-order valence-electron chi connectivity index (χ0n) is 19.9. The predicted molar refractivity (Wildman–Crippen MR) is 128 cm³/mol. The molecule has 1 aromatic carbocycles. The SMILES string of the molecule is Cc1nc(CNc2ncnc(N3CCCC3c3ccc(C(C)(F)F)cc3)c2F)ccc1C(C)C. The van der Waals surface area contributed by atoms with E-state index < -0.39 is 11.7 Å². The second kappa shape index (κ2) is 9.60. The Hall–Kier alpha value is -3.16. The maximum atomic E-state index is 15.4. The lowest BCUT2D eigenvalue weighted by molar-refractivity contribution is 0.0174. The summed E-state index contributed by atoms with van der Waals surface area (Å²) in [7, 11) is 0. The van der Waals surface area contributed by atoms with Gasteiger partial charge >= 0.3 is 0 Å². The number of aromatic nitrogens is 3. The van der Waals surface area contributed by atoms with Gasteiger partial charge in [0.2, 0.25) is 5.82 Å². The molecule has 3 aromatic rings. The van der Waals surface area contributed by atoms with Gasteiger partial charge in [0, 0.05) is 24.7 Å². The quantitative estimate of drug-likeness (QED) is 0.428. The van der Waals surface area contributed by atoms with Crippen LogP contribution < -0.4 is 10.2 Å². The Morgan fingerprint density at radius 1 is 1.12 bits per heavy atom. The molecule has 0 aliphatic carbocycles. The summed E-state index contributed by atoms with van der Waals surface area (Å²) in [6.45, 7) is 8.06. The number of aryl methyl sites for hydroxylation is 1. The molecule has 8 heteroatoms. The first-order chi connectivity index (χ1) is 16.1. The number of alkyl halides is 2. The van der Waals surface area contributed by atoms with Crippen LogP contribution in [0.5, 0.6) is 0 Å². The fourth-order valence-electron chi connectivity index (χ4n) is 4.56. The van der Waals surface area contributed by atoms with Crippen molar-refractivity contribution in [3.05, 3.63) is 76.6 Å².